The fourth-order valence-corrected chi connectivity index (χ4v) is 2.03. The number of carbonyl (C=O) groups excluding carboxylic acids is 1. The van der Waals surface area contributed by atoms with Crippen LogP contribution >= 0.6 is 0 Å². The molecule has 0 radical (unpaired) electrons. The number of aromatic nitrogens is 1. The van der Waals surface area contributed by atoms with E-state index in [9.17, 15) is 4.79 Å². The standard InChI is InChI=1S/C16H19N3O/c1-12-4-3-5-13(10-12)6-9-16(20)19(2)14-7-8-15(17)18-11-14/h3-5,7-8,10-11H,6,9H2,1-2H3,(H2,17,18). The Morgan fingerprint density at radius 2 is 2.10 bits per heavy atom. The van der Waals surface area contributed by atoms with Gasteiger partial charge < -0.3 is 10.6 Å². The second-order valence-corrected chi connectivity index (χ2v) is 4.88. The molecule has 0 unspecified atom stereocenters. The first-order valence-corrected chi connectivity index (χ1v) is 6.60. The zero-order valence-electron chi connectivity index (χ0n) is 11.8. The average Bonchev–Trinajstić information content (AvgIpc) is 2.45. The van der Waals surface area contributed by atoms with Crippen LogP contribution in [0.3, 0.4) is 0 Å². The molecule has 1 aromatic heterocycles. The molecule has 20 heavy (non-hydrogen) atoms. The van der Waals surface area contributed by atoms with Gasteiger partial charge in [-0.15, -0.1) is 0 Å². The van der Waals surface area contributed by atoms with Crippen molar-refractivity contribution >= 4 is 17.4 Å². The molecule has 4 nitrogen and oxygen atoms in total. The van der Waals surface area contributed by atoms with Crippen LogP contribution in [0.15, 0.2) is 42.6 Å². The Kier molecular flexibility index (Phi) is 4.35. The summed E-state index contributed by atoms with van der Waals surface area (Å²) in [4.78, 5) is 17.8. The highest BCUT2D eigenvalue weighted by Gasteiger charge is 2.11. The number of hydrogen-bond acceptors (Lipinski definition) is 3. The highest BCUT2D eigenvalue weighted by atomic mass is 16.2. The molecule has 2 rings (SSSR count). The molecule has 0 saturated carbocycles. The smallest absolute Gasteiger partial charge is 0.227 e. The van der Waals surface area contributed by atoms with Crippen molar-refractivity contribution in [1.82, 2.24) is 4.98 Å². The van der Waals surface area contributed by atoms with Crippen molar-refractivity contribution in [1.29, 1.82) is 0 Å². The first-order valence-electron chi connectivity index (χ1n) is 6.60. The fraction of sp³-hybridized carbons (Fsp3) is 0.250. The molecule has 0 saturated heterocycles. The normalized spacial score (nSPS) is 10.3. The number of aryl methyl sites for hydroxylation is 2. The molecule has 104 valence electrons. The molecule has 1 heterocycles. The molecule has 2 N–H and O–H groups in total. The maximum absolute atomic E-state index is 12.2. The monoisotopic (exact) mass is 269 g/mol. The topological polar surface area (TPSA) is 59.2 Å². The number of benzene rings is 1. The first kappa shape index (κ1) is 14.1. The van der Waals surface area contributed by atoms with Crippen LogP contribution < -0.4 is 10.6 Å². The Labute approximate surface area is 119 Å². The molecule has 1 amide bonds. The van der Waals surface area contributed by atoms with E-state index in [0.717, 1.165) is 12.1 Å². The maximum Gasteiger partial charge on any atom is 0.227 e. The van der Waals surface area contributed by atoms with Crippen molar-refractivity contribution in [2.45, 2.75) is 19.8 Å². The quantitative estimate of drug-likeness (QED) is 0.928. The van der Waals surface area contributed by atoms with Gasteiger partial charge in [-0.2, -0.15) is 0 Å². The summed E-state index contributed by atoms with van der Waals surface area (Å²) in [6.45, 7) is 2.05. The van der Waals surface area contributed by atoms with Gasteiger partial charge in [0.15, 0.2) is 0 Å². The van der Waals surface area contributed by atoms with Crippen LogP contribution in [-0.4, -0.2) is 17.9 Å². The fourth-order valence-electron chi connectivity index (χ4n) is 2.03. The second-order valence-electron chi connectivity index (χ2n) is 4.88. The number of amides is 1. The molecule has 0 fully saturated rings. The number of carbonyl (C=O) groups is 1. The summed E-state index contributed by atoms with van der Waals surface area (Å²) in [5.74, 6) is 0.521. The lowest BCUT2D eigenvalue weighted by Crippen LogP contribution is -2.26. The minimum atomic E-state index is 0.0677. The number of nitrogens with two attached hydrogens (primary N) is 1. The Bertz CT molecular complexity index is 593. The molecule has 0 aliphatic rings. The van der Waals surface area contributed by atoms with Gasteiger partial charge in [0.05, 0.1) is 11.9 Å². The van der Waals surface area contributed by atoms with E-state index in [1.54, 1.807) is 30.3 Å². The van der Waals surface area contributed by atoms with E-state index in [-0.39, 0.29) is 5.91 Å². The molecule has 1 aromatic carbocycles. The summed E-state index contributed by atoms with van der Waals surface area (Å²) in [7, 11) is 1.76. The second kappa shape index (κ2) is 6.19. The van der Waals surface area contributed by atoms with Crippen molar-refractivity contribution in [3.8, 4) is 0 Å². The Morgan fingerprint density at radius 1 is 1.30 bits per heavy atom. The van der Waals surface area contributed by atoms with Crippen LogP contribution in [0.25, 0.3) is 0 Å². The van der Waals surface area contributed by atoms with Gasteiger partial charge in [-0.25, -0.2) is 4.98 Å². The lowest BCUT2D eigenvalue weighted by Gasteiger charge is -2.17. The number of nitrogens with zero attached hydrogens (tertiary/aromatic N) is 2. The van der Waals surface area contributed by atoms with Gasteiger partial charge in [-0.05, 0) is 31.0 Å². The van der Waals surface area contributed by atoms with E-state index in [2.05, 4.69) is 24.0 Å². The third kappa shape index (κ3) is 3.57. The van der Waals surface area contributed by atoms with E-state index < -0.39 is 0 Å². The van der Waals surface area contributed by atoms with Crippen molar-refractivity contribution in [2.75, 3.05) is 17.7 Å². The van der Waals surface area contributed by atoms with E-state index in [0.29, 0.717) is 12.2 Å². The van der Waals surface area contributed by atoms with Crippen LogP contribution in [0, 0.1) is 6.92 Å². The SMILES string of the molecule is Cc1cccc(CCC(=O)N(C)c2ccc(N)nc2)c1. The number of pyridine rings is 1. The molecule has 2 aromatic rings. The number of nitrogen functional groups attached to an aromatic ring is 1. The molecule has 0 spiro atoms. The Hall–Kier alpha value is -2.36. The van der Waals surface area contributed by atoms with E-state index >= 15 is 0 Å². The van der Waals surface area contributed by atoms with Gasteiger partial charge in [0.2, 0.25) is 5.91 Å². The molecular weight excluding hydrogens is 250 g/mol. The summed E-state index contributed by atoms with van der Waals surface area (Å²) in [5.41, 5.74) is 8.69. The van der Waals surface area contributed by atoms with Gasteiger partial charge >= 0.3 is 0 Å². The molecule has 4 heteroatoms. The Morgan fingerprint density at radius 3 is 2.75 bits per heavy atom. The van der Waals surface area contributed by atoms with Gasteiger partial charge in [0.1, 0.15) is 5.82 Å². The highest BCUT2D eigenvalue weighted by molar-refractivity contribution is 5.92. The average molecular weight is 269 g/mol. The predicted molar refractivity (Wildman–Crippen MR) is 81.6 cm³/mol. The summed E-state index contributed by atoms with van der Waals surface area (Å²) in [6.07, 6.45) is 2.83. The van der Waals surface area contributed by atoms with E-state index in [4.69, 9.17) is 5.73 Å². The largest absolute Gasteiger partial charge is 0.384 e. The van der Waals surface area contributed by atoms with Crippen LogP contribution in [0.1, 0.15) is 17.5 Å². The summed E-state index contributed by atoms with van der Waals surface area (Å²) in [6, 6.07) is 11.7. The van der Waals surface area contributed by atoms with Crippen molar-refractivity contribution in [3.05, 3.63) is 53.7 Å². The van der Waals surface area contributed by atoms with E-state index in [1.165, 1.54) is 11.1 Å². The molecule has 0 aliphatic carbocycles. The van der Waals surface area contributed by atoms with Gasteiger partial charge in [-0.1, -0.05) is 29.8 Å². The summed E-state index contributed by atoms with van der Waals surface area (Å²) < 4.78 is 0. The molecule has 0 bridgehead atoms. The number of anilines is 2. The molecule has 0 aliphatic heterocycles. The zero-order chi connectivity index (χ0) is 14.5. The minimum Gasteiger partial charge on any atom is -0.384 e. The van der Waals surface area contributed by atoms with Crippen molar-refractivity contribution < 1.29 is 4.79 Å². The third-order valence-electron chi connectivity index (χ3n) is 3.24. The van der Waals surface area contributed by atoms with Crippen LogP contribution in [0.2, 0.25) is 0 Å². The zero-order valence-corrected chi connectivity index (χ0v) is 11.8. The predicted octanol–water partition coefficient (Wildman–Crippen LogP) is 2.57. The first-order chi connectivity index (χ1) is 9.56. The highest BCUT2D eigenvalue weighted by Crippen LogP contribution is 2.14. The van der Waals surface area contributed by atoms with Gasteiger partial charge in [0, 0.05) is 13.5 Å². The summed E-state index contributed by atoms with van der Waals surface area (Å²) >= 11 is 0. The number of rotatable bonds is 4. The lowest BCUT2D eigenvalue weighted by molar-refractivity contribution is -0.118. The molecule has 0 atom stereocenters. The van der Waals surface area contributed by atoms with Crippen molar-refractivity contribution in [3.63, 3.8) is 0 Å². The lowest BCUT2D eigenvalue weighted by atomic mass is 10.1. The van der Waals surface area contributed by atoms with Crippen molar-refractivity contribution in [2.24, 2.45) is 0 Å². The van der Waals surface area contributed by atoms with Gasteiger partial charge in [0.25, 0.3) is 0 Å². The number of hydrogen-bond donors (Lipinski definition) is 1. The minimum absolute atomic E-state index is 0.0677. The molecular formula is C16H19N3O. The maximum atomic E-state index is 12.2. The third-order valence-corrected chi connectivity index (χ3v) is 3.24. The van der Waals surface area contributed by atoms with Crippen LogP contribution in [-0.2, 0) is 11.2 Å². The van der Waals surface area contributed by atoms with Crippen LogP contribution in [0.4, 0.5) is 11.5 Å². The Balaban J connectivity index is 1.96. The van der Waals surface area contributed by atoms with E-state index in [1.807, 2.05) is 12.1 Å². The summed E-state index contributed by atoms with van der Waals surface area (Å²) in [5, 5.41) is 0. The van der Waals surface area contributed by atoms with Crippen LogP contribution in [0.5, 0.6) is 0 Å². The van der Waals surface area contributed by atoms with Gasteiger partial charge in [-0.3, -0.25) is 4.79 Å².